The molecule has 1 amide bonds. The van der Waals surface area contributed by atoms with Crippen LogP contribution in [0.1, 0.15) is 112 Å². The second-order valence-corrected chi connectivity index (χ2v) is 21.9. The molecule has 4 atom stereocenters. The van der Waals surface area contributed by atoms with Crippen LogP contribution in [0.5, 0.6) is 5.75 Å². The zero-order chi connectivity index (χ0) is 38.3. The molecule has 0 saturated carbocycles. The minimum atomic E-state index is -2.57. The molecule has 51 heavy (non-hydrogen) atoms. The fraction of sp³-hybridized carbons (Fsp3) is 0.667. The summed E-state index contributed by atoms with van der Waals surface area (Å²) in [7, 11) is -2.57. The number of carbonyl (C=O) groups excluding carboxylic acids is 3. The van der Waals surface area contributed by atoms with E-state index in [1.54, 1.807) is 65.8 Å². The van der Waals surface area contributed by atoms with Gasteiger partial charge in [0.05, 0.1) is 24.9 Å². The number of Topliss-reactive ketones (excluding diaryl/α,β-unsaturated/α-hetero) is 1. The fourth-order valence-electron chi connectivity index (χ4n) is 5.76. The highest BCUT2D eigenvalue weighted by Crippen LogP contribution is 2.42. The first kappa shape index (κ1) is 40.7. The maximum Gasteiger partial charge on any atom is 0.414 e. The van der Waals surface area contributed by atoms with E-state index < -0.39 is 62.0 Å². The topological polar surface area (TPSA) is 119 Å². The van der Waals surface area contributed by atoms with Crippen LogP contribution in [0.4, 0.5) is 10.5 Å². The van der Waals surface area contributed by atoms with E-state index in [2.05, 4.69) is 33.9 Å². The smallest absolute Gasteiger partial charge is 0.414 e. The first-order valence-corrected chi connectivity index (χ1v) is 20.8. The molecule has 0 bridgehead atoms. The molecular formula is C39H59NO10Si. The van der Waals surface area contributed by atoms with Crippen LogP contribution >= 0.6 is 0 Å². The average Bonchev–Trinajstić information content (AvgIpc) is 3.48. The zero-order valence-electron chi connectivity index (χ0n) is 33.1. The van der Waals surface area contributed by atoms with Crippen LogP contribution in [0.15, 0.2) is 29.9 Å². The van der Waals surface area contributed by atoms with Gasteiger partial charge >= 0.3 is 12.1 Å². The van der Waals surface area contributed by atoms with Gasteiger partial charge in [-0.15, -0.1) is 0 Å². The van der Waals surface area contributed by atoms with E-state index >= 15 is 0 Å². The second kappa shape index (κ2) is 14.8. The highest BCUT2D eigenvalue weighted by Gasteiger charge is 2.45. The van der Waals surface area contributed by atoms with Gasteiger partial charge in [0.15, 0.2) is 17.4 Å². The summed E-state index contributed by atoms with van der Waals surface area (Å²) in [6, 6.07) is 3.48. The molecule has 4 rings (SSSR count). The molecule has 0 aromatic heterocycles. The molecule has 1 aromatic carbocycles. The van der Waals surface area contributed by atoms with Crippen LogP contribution in [-0.2, 0) is 33.2 Å². The molecule has 1 aromatic rings. The van der Waals surface area contributed by atoms with Crippen molar-refractivity contribution in [2.45, 2.75) is 156 Å². The Kier molecular flexibility index (Phi) is 11.8. The molecule has 0 N–H and O–H groups in total. The minimum absolute atomic E-state index is 0.115. The van der Waals surface area contributed by atoms with Crippen molar-refractivity contribution in [3.05, 3.63) is 41.0 Å². The van der Waals surface area contributed by atoms with Gasteiger partial charge < -0.3 is 32.8 Å². The zero-order valence-corrected chi connectivity index (χ0v) is 34.1. The van der Waals surface area contributed by atoms with Gasteiger partial charge in [-0.3, -0.25) is 9.69 Å². The van der Waals surface area contributed by atoms with E-state index in [4.69, 9.17) is 32.8 Å². The molecule has 3 heterocycles. The lowest BCUT2D eigenvalue weighted by Crippen LogP contribution is -2.44. The largest absolute Gasteiger partial charge is 0.543 e. The Morgan fingerprint density at radius 2 is 1.67 bits per heavy atom. The lowest BCUT2D eigenvalue weighted by molar-refractivity contribution is -0.154. The molecular weight excluding hydrogens is 671 g/mol. The van der Waals surface area contributed by atoms with Crippen molar-refractivity contribution >= 4 is 37.9 Å². The Labute approximate surface area is 305 Å². The summed E-state index contributed by atoms with van der Waals surface area (Å²) in [6.07, 6.45) is 2.89. The van der Waals surface area contributed by atoms with Crippen molar-refractivity contribution in [3.63, 3.8) is 0 Å². The highest BCUT2D eigenvalue weighted by atomic mass is 28.4. The van der Waals surface area contributed by atoms with Gasteiger partial charge in [-0.2, -0.15) is 0 Å². The molecule has 2 saturated heterocycles. The van der Waals surface area contributed by atoms with Crippen molar-refractivity contribution in [2.75, 3.05) is 18.1 Å². The first-order chi connectivity index (χ1) is 23.3. The Bertz CT molecular complexity index is 1550. The van der Waals surface area contributed by atoms with Crippen LogP contribution in [0.3, 0.4) is 0 Å². The molecule has 0 radical (unpaired) electrons. The first-order valence-electron chi connectivity index (χ1n) is 17.9. The Hall–Kier alpha value is -3.03. The third-order valence-corrected chi connectivity index (χ3v) is 13.9. The van der Waals surface area contributed by atoms with E-state index in [0.717, 1.165) is 5.57 Å². The van der Waals surface area contributed by atoms with Crippen LogP contribution in [-0.4, -0.2) is 80.9 Å². The third-order valence-electron chi connectivity index (χ3n) is 9.59. The molecule has 3 aliphatic heterocycles. The molecule has 11 nitrogen and oxygen atoms in total. The van der Waals surface area contributed by atoms with Crippen LogP contribution in [0, 0.1) is 0 Å². The maximum absolute atomic E-state index is 14.3. The SMILES string of the molecule is CC1=CCC(=O)[C@H]2OC(C)(C)O[C@H]2CC=Cc2cc(N(CC3COC(C)(C)O3)C(=O)OC(C)(C)C)cc(O[Si](C)(C)C(C)(C)C)c2C(=O)O[C@H]1C. The lowest BCUT2D eigenvalue weighted by atomic mass is 9.99. The molecule has 1 unspecified atom stereocenters. The summed E-state index contributed by atoms with van der Waals surface area (Å²) in [5, 5.41) is -0.219. The summed E-state index contributed by atoms with van der Waals surface area (Å²) < 4.78 is 43.1. The Morgan fingerprint density at radius 3 is 2.25 bits per heavy atom. The number of esters is 1. The van der Waals surface area contributed by atoms with Gasteiger partial charge in [0, 0.05) is 12.5 Å². The number of hydrogen-bond acceptors (Lipinski definition) is 10. The molecule has 0 spiro atoms. The number of allylic oxidation sites excluding steroid dienone is 1. The third kappa shape index (κ3) is 10.3. The number of cyclic esters (lactones) is 1. The van der Waals surface area contributed by atoms with E-state index in [0.29, 0.717) is 23.4 Å². The Morgan fingerprint density at radius 1 is 1.00 bits per heavy atom. The van der Waals surface area contributed by atoms with Crippen molar-refractivity contribution < 1.29 is 47.2 Å². The Balaban J connectivity index is 1.94. The van der Waals surface area contributed by atoms with E-state index in [-0.39, 0.29) is 36.0 Å². The van der Waals surface area contributed by atoms with Gasteiger partial charge in [0.2, 0.25) is 0 Å². The number of rotatable bonds is 5. The van der Waals surface area contributed by atoms with Crippen molar-refractivity contribution in [1.82, 2.24) is 0 Å². The number of amides is 1. The molecule has 0 aliphatic carbocycles. The standard InChI is InChI=1S/C39H59NO10Si/c1-24-18-19-29(41)33-30(47-39(11,12)48-33)17-15-16-26-20-27(40(35(43)49-36(3,4)5)22-28-23-44-38(9,10)46-28)21-31(32(26)34(42)45-25(24)2)50-51(13,14)37(6,7)8/h15-16,18,20-21,25,28,30,33H,17,19,22-23H2,1-14H3/t25-,28?,30-,33+/m0/s1. The van der Waals surface area contributed by atoms with Crippen molar-refractivity contribution in [2.24, 2.45) is 0 Å². The predicted molar refractivity (Wildman–Crippen MR) is 198 cm³/mol. The summed E-state index contributed by atoms with van der Waals surface area (Å²) in [5.74, 6) is -2.15. The van der Waals surface area contributed by atoms with Gasteiger partial charge in [-0.05, 0) is 104 Å². The summed E-state index contributed by atoms with van der Waals surface area (Å²) in [6.45, 7) is 27.2. The number of benzene rings is 1. The van der Waals surface area contributed by atoms with Gasteiger partial charge in [0.1, 0.15) is 35.2 Å². The quantitative estimate of drug-likeness (QED) is 0.166. The molecule has 12 heteroatoms. The number of anilines is 1. The predicted octanol–water partition coefficient (Wildman–Crippen LogP) is 8.35. The van der Waals surface area contributed by atoms with E-state index in [1.807, 2.05) is 26.8 Å². The van der Waals surface area contributed by atoms with Crippen LogP contribution < -0.4 is 9.33 Å². The van der Waals surface area contributed by atoms with E-state index in [1.165, 1.54) is 4.90 Å². The van der Waals surface area contributed by atoms with Crippen molar-refractivity contribution in [3.8, 4) is 5.75 Å². The summed E-state index contributed by atoms with van der Waals surface area (Å²) >= 11 is 0. The normalized spacial score (nSPS) is 25.6. The summed E-state index contributed by atoms with van der Waals surface area (Å²) in [4.78, 5) is 43.1. The highest BCUT2D eigenvalue weighted by molar-refractivity contribution is 6.74. The number of fused-ring (bicyclic) bond motifs is 2. The van der Waals surface area contributed by atoms with Gasteiger partial charge in [-0.1, -0.05) is 39.0 Å². The van der Waals surface area contributed by atoms with E-state index in [9.17, 15) is 14.4 Å². The maximum atomic E-state index is 14.3. The number of nitrogens with zero attached hydrogens (tertiary/aromatic N) is 1. The number of carbonyl (C=O) groups is 3. The molecule has 2 fully saturated rings. The lowest BCUT2D eigenvalue weighted by Gasteiger charge is -2.37. The molecule has 284 valence electrons. The van der Waals surface area contributed by atoms with Crippen LogP contribution in [0.2, 0.25) is 18.1 Å². The monoisotopic (exact) mass is 729 g/mol. The van der Waals surface area contributed by atoms with Gasteiger partial charge in [0.25, 0.3) is 8.32 Å². The number of ether oxygens (including phenoxy) is 6. The van der Waals surface area contributed by atoms with Crippen LogP contribution in [0.25, 0.3) is 6.08 Å². The summed E-state index contributed by atoms with van der Waals surface area (Å²) in [5.41, 5.74) is 1.09. The molecule has 3 aliphatic rings. The second-order valence-electron chi connectivity index (χ2n) is 17.2. The number of ketones is 1. The number of hydrogen-bond donors (Lipinski definition) is 0. The van der Waals surface area contributed by atoms with Crippen molar-refractivity contribution in [1.29, 1.82) is 0 Å². The fourth-order valence-corrected chi connectivity index (χ4v) is 6.78. The average molecular weight is 730 g/mol. The minimum Gasteiger partial charge on any atom is -0.543 e. The van der Waals surface area contributed by atoms with Gasteiger partial charge in [-0.25, -0.2) is 9.59 Å².